The van der Waals surface area contributed by atoms with Gasteiger partial charge in [0.25, 0.3) is 0 Å². The van der Waals surface area contributed by atoms with Gasteiger partial charge in [-0.15, -0.1) is 0 Å². The second-order valence-electron chi connectivity index (χ2n) is 3.53. The van der Waals surface area contributed by atoms with Gasteiger partial charge in [0.15, 0.2) is 5.16 Å². The summed E-state index contributed by atoms with van der Waals surface area (Å²) in [5.41, 5.74) is 0. The molecule has 1 heterocycles. The molecule has 0 aliphatic heterocycles. The van der Waals surface area contributed by atoms with Gasteiger partial charge < -0.3 is 9.47 Å². The standard InChI is InChI=1S/C13H13ClN2O2S/c1-3-17-9-5-4-6-10(7-9)18-12-8-11(14)15-13(16-12)19-2/h4-8H,3H2,1-2H3. The Morgan fingerprint density at radius 3 is 2.74 bits per heavy atom. The summed E-state index contributed by atoms with van der Waals surface area (Å²) in [4.78, 5) is 8.28. The minimum absolute atomic E-state index is 0.357. The zero-order valence-corrected chi connectivity index (χ0v) is 12.2. The van der Waals surface area contributed by atoms with E-state index < -0.39 is 0 Å². The summed E-state index contributed by atoms with van der Waals surface area (Å²) in [5, 5.41) is 0.929. The average molecular weight is 297 g/mol. The number of ether oxygens (including phenoxy) is 2. The first-order valence-corrected chi connectivity index (χ1v) is 7.31. The lowest BCUT2D eigenvalue weighted by atomic mass is 10.3. The summed E-state index contributed by atoms with van der Waals surface area (Å²) < 4.78 is 11.1. The Labute approximate surface area is 121 Å². The van der Waals surface area contributed by atoms with Crippen LogP contribution in [0.15, 0.2) is 35.5 Å². The predicted octanol–water partition coefficient (Wildman–Crippen LogP) is 4.04. The third-order valence-electron chi connectivity index (χ3n) is 2.17. The number of rotatable bonds is 5. The third-order valence-corrected chi connectivity index (χ3v) is 2.91. The number of aromatic nitrogens is 2. The molecule has 1 aromatic heterocycles. The summed E-state index contributed by atoms with van der Waals surface area (Å²) >= 11 is 7.31. The Bertz CT molecular complexity index is 566. The van der Waals surface area contributed by atoms with E-state index in [4.69, 9.17) is 21.1 Å². The van der Waals surface area contributed by atoms with Crippen molar-refractivity contribution in [1.82, 2.24) is 9.97 Å². The number of thioether (sulfide) groups is 1. The molecule has 0 unspecified atom stereocenters. The molecule has 0 N–H and O–H groups in total. The zero-order chi connectivity index (χ0) is 13.7. The maximum atomic E-state index is 5.91. The van der Waals surface area contributed by atoms with Crippen LogP contribution in [-0.4, -0.2) is 22.8 Å². The van der Waals surface area contributed by atoms with E-state index in [0.29, 0.717) is 28.5 Å². The number of nitrogens with zero attached hydrogens (tertiary/aromatic N) is 2. The molecule has 0 saturated heterocycles. The molecule has 6 heteroatoms. The van der Waals surface area contributed by atoms with Crippen LogP contribution in [-0.2, 0) is 0 Å². The van der Waals surface area contributed by atoms with E-state index in [1.54, 1.807) is 12.1 Å². The molecular weight excluding hydrogens is 284 g/mol. The van der Waals surface area contributed by atoms with Crippen molar-refractivity contribution < 1.29 is 9.47 Å². The molecule has 0 radical (unpaired) electrons. The SMILES string of the molecule is CCOc1cccc(Oc2cc(Cl)nc(SC)n2)c1. The summed E-state index contributed by atoms with van der Waals surface area (Å²) in [7, 11) is 0. The van der Waals surface area contributed by atoms with Crippen molar-refractivity contribution in [1.29, 1.82) is 0 Å². The van der Waals surface area contributed by atoms with Gasteiger partial charge in [-0.05, 0) is 25.3 Å². The van der Waals surface area contributed by atoms with Crippen LogP contribution in [0.5, 0.6) is 17.4 Å². The summed E-state index contributed by atoms with van der Waals surface area (Å²) in [6, 6.07) is 8.94. The molecule has 0 spiro atoms. The van der Waals surface area contributed by atoms with Crippen LogP contribution in [0.3, 0.4) is 0 Å². The summed E-state index contributed by atoms with van der Waals surface area (Å²) in [6.07, 6.45) is 1.88. The van der Waals surface area contributed by atoms with Gasteiger partial charge in [0, 0.05) is 12.1 Å². The topological polar surface area (TPSA) is 44.2 Å². The van der Waals surface area contributed by atoms with Crippen LogP contribution in [0.2, 0.25) is 5.15 Å². The minimum atomic E-state index is 0.357. The maximum Gasteiger partial charge on any atom is 0.224 e. The molecule has 2 aromatic rings. The quantitative estimate of drug-likeness (QED) is 0.473. The molecule has 0 amide bonds. The lowest BCUT2D eigenvalue weighted by molar-refractivity contribution is 0.338. The van der Waals surface area contributed by atoms with Gasteiger partial charge in [0.2, 0.25) is 5.88 Å². The Morgan fingerprint density at radius 2 is 2.00 bits per heavy atom. The molecule has 0 atom stereocenters. The van der Waals surface area contributed by atoms with E-state index in [9.17, 15) is 0 Å². The van der Waals surface area contributed by atoms with Gasteiger partial charge in [0.05, 0.1) is 6.61 Å². The number of hydrogen-bond donors (Lipinski definition) is 0. The number of benzene rings is 1. The highest BCUT2D eigenvalue weighted by atomic mass is 35.5. The van der Waals surface area contributed by atoms with Crippen LogP contribution in [0.1, 0.15) is 6.92 Å². The molecule has 0 saturated carbocycles. The van der Waals surface area contributed by atoms with Crippen LogP contribution in [0.25, 0.3) is 0 Å². The van der Waals surface area contributed by atoms with Crippen molar-refractivity contribution in [3.05, 3.63) is 35.5 Å². The smallest absolute Gasteiger partial charge is 0.224 e. The van der Waals surface area contributed by atoms with E-state index in [1.165, 1.54) is 11.8 Å². The first kappa shape index (κ1) is 14.0. The van der Waals surface area contributed by atoms with Crippen molar-refractivity contribution in [3.63, 3.8) is 0 Å². The highest BCUT2D eigenvalue weighted by molar-refractivity contribution is 7.98. The second-order valence-corrected chi connectivity index (χ2v) is 4.69. The molecule has 4 nitrogen and oxygen atoms in total. The molecule has 0 aliphatic carbocycles. The lowest BCUT2D eigenvalue weighted by Crippen LogP contribution is -1.94. The Hall–Kier alpha value is -1.46. The van der Waals surface area contributed by atoms with E-state index >= 15 is 0 Å². The average Bonchev–Trinajstić information content (AvgIpc) is 2.39. The van der Waals surface area contributed by atoms with E-state index in [-0.39, 0.29) is 0 Å². The van der Waals surface area contributed by atoms with Crippen LogP contribution < -0.4 is 9.47 Å². The van der Waals surface area contributed by atoms with Crippen molar-refractivity contribution >= 4 is 23.4 Å². The van der Waals surface area contributed by atoms with Crippen molar-refractivity contribution in [2.24, 2.45) is 0 Å². The maximum absolute atomic E-state index is 5.91. The molecule has 100 valence electrons. The zero-order valence-electron chi connectivity index (χ0n) is 10.6. The molecule has 0 fully saturated rings. The van der Waals surface area contributed by atoms with Crippen molar-refractivity contribution in [2.45, 2.75) is 12.1 Å². The number of hydrogen-bond acceptors (Lipinski definition) is 5. The van der Waals surface area contributed by atoms with Gasteiger partial charge in [-0.3, -0.25) is 0 Å². The molecular formula is C13H13ClN2O2S. The van der Waals surface area contributed by atoms with E-state index in [0.717, 1.165) is 5.75 Å². The minimum Gasteiger partial charge on any atom is -0.494 e. The first-order chi connectivity index (χ1) is 9.21. The van der Waals surface area contributed by atoms with Gasteiger partial charge >= 0.3 is 0 Å². The van der Waals surface area contributed by atoms with Crippen molar-refractivity contribution in [2.75, 3.05) is 12.9 Å². The summed E-state index contributed by atoms with van der Waals surface area (Å²) in [6.45, 7) is 2.54. The fourth-order valence-corrected chi connectivity index (χ4v) is 2.03. The summed E-state index contributed by atoms with van der Waals surface area (Å²) in [5.74, 6) is 1.82. The van der Waals surface area contributed by atoms with Crippen LogP contribution in [0.4, 0.5) is 0 Å². The largest absolute Gasteiger partial charge is 0.494 e. The molecule has 1 aromatic carbocycles. The van der Waals surface area contributed by atoms with Crippen LogP contribution >= 0.6 is 23.4 Å². The lowest BCUT2D eigenvalue weighted by Gasteiger charge is -2.08. The third kappa shape index (κ3) is 4.01. The van der Waals surface area contributed by atoms with Crippen molar-refractivity contribution in [3.8, 4) is 17.4 Å². The Morgan fingerprint density at radius 1 is 1.21 bits per heavy atom. The van der Waals surface area contributed by atoms with E-state index in [1.807, 2.05) is 31.4 Å². The highest BCUT2D eigenvalue weighted by Crippen LogP contribution is 2.26. The fourth-order valence-electron chi connectivity index (χ4n) is 1.44. The van der Waals surface area contributed by atoms with E-state index in [2.05, 4.69) is 9.97 Å². The van der Waals surface area contributed by atoms with Gasteiger partial charge in [-0.25, -0.2) is 4.98 Å². The normalized spacial score (nSPS) is 10.3. The molecule has 0 aliphatic rings. The molecule has 2 rings (SSSR count). The fraction of sp³-hybridized carbons (Fsp3) is 0.231. The van der Waals surface area contributed by atoms with Crippen LogP contribution in [0, 0.1) is 0 Å². The monoisotopic (exact) mass is 296 g/mol. The second kappa shape index (κ2) is 6.63. The Balaban J connectivity index is 2.20. The number of halogens is 1. The van der Waals surface area contributed by atoms with Gasteiger partial charge in [0.1, 0.15) is 16.7 Å². The van der Waals surface area contributed by atoms with Gasteiger partial charge in [-0.2, -0.15) is 4.98 Å². The highest BCUT2D eigenvalue weighted by Gasteiger charge is 2.05. The molecule has 19 heavy (non-hydrogen) atoms. The Kier molecular flexibility index (Phi) is 4.87. The molecule has 0 bridgehead atoms. The van der Waals surface area contributed by atoms with Gasteiger partial charge in [-0.1, -0.05) is 29.4 Å². The predicted molar refractivity (Wildman–Crippen MR) is 76.5 cm³/mol. The first-order valence-electron chi connectivity index (χ1n) is 5.70.